The van der Waals surface area contributed by atoms with Gasteiger partial charge in [0, 0.05) is 34.6 Å². The van der Waals surface area contributed by atoms with Crippen LogP contribution in [0.5, 0.6) is 0 Å². The van der Waals surface area contributed by atoms with Crippen LogP contribution in [-0.2, 0) is 21.5 Å². The number of aromatic nitrogens is 1. The molecule has 0 aliphatic carbocycles. The van der Waals surface area contributed by atoms with Crippen molar-refractivity contribution in [1.29, 1.82) is 0 Å². The lowest BCUT2D eigenvalue weighted by molar-refractivity contribution is -0.170. The van der Waals surface area contributed by atoms with Gasteiger partial charge in [-0.25, -0.2) is 0 Å². The molecule has 2 amide bonds. The van der Waals surface area contributed by atoms with Crippen molar-refractivity contribution in [2.45, 2.75) is 76.5 Å². The van der Waals surface area contributed by atoms with E-state index in [4.69, 9.17) is 0 Å². The normalized spacial score (nSPS) is 28.6. The van der Waals surface area contributed by atoms with Crippen LogP contribution in [0.2, 0.25) is 0 Å². The fourth-order valence-electron chi connectivity index (χ4n) is 6.42. The predicted octanol–water partition coefficient (Wildman–Crippen LogP) is 2.92. The minimum atomic E-state index is -0.971. The van der Waals surface area contributed by atoms with Crippen molar-refractivity contribution < 1.29 is 9.59 Å². The number of piperidine rings is 1. The van der Waals surface area contributed by atoms with E-state index in [0.29, 0.717) is 6.54 Å². The van der Waals surface area contributed by atoms with Crippen LogP contribution in [0.4, 0.5) is 0 Å². The molecule has 2 aromatic rings. The van der Waals surface area contributed by atoms with E-state index in [9.17, 15) is 9.59 Å². The highest BCUT2D eigenvalue weighted by Crippen LogP contribution is 2.43. The van der Waals surface area contributed by atoms with Gasteiger partial charge in [-0.3, -0.25) is 9.59 Å². The second-order valence-electron chi connectivity index (χ2n) is 10.8. The summed E-state index contributed by atoms with van der Waals surface area (Å²) >= 11 is 0. The summed E-state index contributed by atoms with van der Waals surface area (Å²) in [6.07, 6.45) is 2.46. The molecular weight excluding hydrogens is 376 g/mol. The molecule has 0 saturated carbocycles. The van der Waals surface area contributed by atoms with E-state index < -0.39 is 5.54 Å². The summed E-state index contributed by atoms with van der Waals surface area (Å²) in [6, 6.07) is 8.23. The van der Waals surface area contributed by atoms with Crippen LogP contribution in [-0.4, -0.2) is 56.8 Å². The van der Waals surface area contributed by atoms with E-state index in [1.165, 1.54) is 5.56 Å². The van der Waals surface area contributed by atoms with E-state index in [1.807, 2.05) is 30.0 Å². The van der Waals surface area contributed by atoms with Crippen LogP contribution in [0.3, 0.4) is 0 Å². The summed E-state index contributed by atoms with van der Waals surface area (Å²) in [5.41, 5.74) is 1.95. The van der Waals surface area contributed by atoms with Gasteiger partial charge in [0.2, 0.25) is 5.91 Å². The molecule has 0 unspecified atom stereocenters. The van der Waals surface area contributed by atoms with E-state index in [-0.39, 0.29) is 35.5 Å². The van der Waals surface area contributed by atoms with Gasteiger partial charge in [-0.15, -0.1) is 0 Å². The zero-order valence-electron chi connectivity index (χ0n) is 18.6. The number of para-hydroxylation sites is 1. The van der Waals surface area contributed by atoms with Crippen molar-refractivity contribution in [1.82, 2.24) is 20.1 Å². The summed E-state index contributed by atoms with van der Waals surface area (Å²) in [5, 5.41) is 4.85. The van der Waals surface area contributed by atoms with Gasteiger partial charge in [-0.1, -0.05) is 18.2 Å². The summed E-state index contributed by atoms with van der Waals surface area (Å²) in [6.45, 7) is 11.4. The second-order valence-corrected chi connectivity index (χ2v) is 10.8. The molecule has 160 valence electrons. The molecule has 1 aromatic heterocycles. The number of hydrogen-bond acceptors (Lipinski definition) is 3. The van der Waals surface area contributed by atoms with Crippen LogP contribution in [0.15, 0.2) is 24.3 Å². The third-order valence-corrected chi connectivity index (χ3v) is 7.32. The SMILES string of the molecule is CC1(C)CC(N2CC(=O)N3CCc4c([nH]c5ccccc45)[C@@]3(C)C2=O)CC(C)(C)N1. The zero-order chi connectivity index (χ0) is 21.5. The molecule has 6 nitrogen and oxygen atoms in total. The largest absolute Gasteiger partial charge is 0.356 e. The summed E-state index contributed by atoms with van der Waals surface area (Å²) in [5.74, 6) is 0.101. The number of carbonyl (C=O) groups excluding carboxylic acids is 2. The minimum Gasteiger partial charge on any atom is -0.356 e. The van der Waals surface area contributed by atoms with Gasteiger partial charge in [0.25, 0.3) is 5.91 Å². The van der Waals surface area contributed by atoms with Crippen molar-refractivity contribution in [2.24, 2.45) is 0 Å². The topological polar surface area (TPSA) is 68.4 Å². The average molecular weight is 409 g/mol. The zero-order valence-corrected chi connectivity index (χ0v) is 18.6. The van der Waals surface area contributed by atoms with Crippen molar-refractivity contribution in [3.63, 3.8) is 0 Å². The third kappa shape index (κ3) is 2.73. The Labute approximate surface area is 178 Å². The Bertz CT molecular complexity index is 1040. The first-order chi connectivity index (χ1) is 14.0. The van der Waals surface area contributed by atoms with Gasteiger partial charge >= 0.3 is 0 Å². The van der Waals surface area contributed by atoms with Crippen LogP contribution in [0, 0.1) is 0 Å². The van der Waals surface area contributed by atoms with Gasteiger partial charge in [0.1, 0.15) is 6.54 Å². The molecule has 2 saturated heterocycles. The number of H-pyrrole nitrogens is 1. The lowest BCUT2D eigenvalue weighted by atomic mass is 9.77. The number of hydrogen-bond donors (Lipinski definition) is 2. The molecule has 0 bridgehead atoms. The number of aromatic amines is 1. The van der Waals surface area contributed by atoms with E-state index in [0.717, 1.165) is 35.9 Å². The average Bonchev–Trinajstić information content (AvgIpc) is 3.02. The number of rotatable bonds is 1. The molecule has 5 rings (SSSR count). The summed E-state index contributed by atoms with van der Waals surface area (Å²) in [4.78, 5) is 34.6. The molecule has 1 aromatic carbocycles. The van der Waals surface area contributed by atoms with Gasteiger partial charge in [-0.05, 0) is 65.5 Å². The van der Waals surface area contributed by atoms with Gasteiger partial charge < -0.3 is 20.1 Å². The molecule has 2 N–H and O–H groups in total. The third-order valence-electron chi connectivity index (χ3n) is 7.32. The number of amides is 2. The minimum absolute atomic E-state index is 0.0430. The quantitative estimate of drug-likeness (QED) is 0.762. The molecule has 0 spiro atoms. The molecular formula is C24H32N4O2. The lowest BCUT2D eigenvalue weighted by Gasteiger charge is -2.55. The van der Waals surface area contributed by atoms with Crippen molar-refractivity contribution in [3.8, 4) is 0 Å². The number of nitrogens with zero attached hydrogens (tertiary/aromatic N) is 2. The molecule has 4 heterocycles. The van der Waals surface area contributed by atoms with Crippen LogP contribution in [0.1, 0.15) is 58.7 Å². The van der Waals surface area contributed by atoms with E-state index >= 15 is 0 Å². The Morgan fingerprint density at radius 3 is 2.37 bits per heavy atom. The number of carbonyl (C=O) groups is 2. The maximum Gasteiger partial charge on any atom is 0.255 e. The first kappa shape index (κ1) is 19.6. The van der Waals surface area contributed by atoms with E-state index in [2.05, 4.69) is 44.1 Å². The van der Waals surface area contributed by atoms with Gasteiger partial charge in [0.05, 0.1) is 5.69 Å². The highest BCUT2D eigenvalue weighted by atomic mass is 16.2. The van der Waals surface area contributed by atoms with Crippen molar-refractivity contribution in [2.75, 3.05) is 13.1 Å². The molecule has 2 fully saturated rings. The van der Waals surface area contributed by atoms with Crippen molar-refractivity contribution >= 4 is 22.7 Å². The highest BCUT2D eigenvalue weighted by molar-refractivity contribution is 6.01. The number of nitrogens with one attached hydrogen (secondary N) is 2. The Balaban J connectivity index is 1.59. The Hall–Kier alpha value is -2.34. The molecule has 0 radical (unpaired) electrons. The van der Waals surface area contributed by atoms with Gasteiger partial charge in [-0.2, -0.15) is 0 Å². The molecule has 6 heteroatoms. The number of benzene rings is 1. The van der Waals surface area contributed by atoms with Crippen LogP contribution >= 0.6 is 0 Å². The van der Waals surface area contributed by atoms with E-state index in [1.54, 1.807) is 4.90 Å². The Morgan fingerprint density at radius 1 is 1.00 bits per heavy atom. The standard InChI is InChI=1S/C24H32N4O2/c1-22(2)12-15(13-23(3,4)26-22)27-14-19(29)28-11-10-17-16-8-6-7-9-18(16)25-20(17)24(28,5)21(27)30/h6-9,15,25-26H,10-14H2,1-5H3/t24-/m0/s1. The first-order valence-corrected chi connectivity index (χ1v) is 11.0. The maximum atomic E-state index is 14.1. The van der Waals surface area contributed by atoms with Crippen LogP contribution in [0.25, 0.3) is 10.9 Å². The number of piperazine rings is 1. The lowest BCUT2D eigenvalue weighted by Crippen LogP contribution is -2.71. The first-order valence-electron chi connectivity index (χ1n) is 11.0. The smallest absolute Gasteiger partial charge is 0.255 e. The highest BCUT2D eigenvalue weighted by Gasteiger charge is 2.56. The molecule has 1 atom stereocenters. The van der Waals surface area contributed by atoms with Gasteiger partial charge in [0.15, 0.2) is 5.54 Å². The van der Waals surface area contributed by atoms with Crippen molar-refractivity contribution in [3.05, 3.63) is 35.5 Å². The second kappa shape index (κ2) is 6.10. The Morgan fingerprint density at radius 2 is 1.67 bits per heavy atom. The number of fused-ring (bicyclic) bond motifs is 5. The maximum absolute atomic E-state index is 14.1. The summed E-state index contributed by atoms with van der Waals surface area (Å²) in [7, 11) is 0. The summed E-state index contributed by atoms with van der Waals surface area (Å²) < 4.78 is 0. The monoisotopic (exact) mass is 408 g/mol. The fraction of sp³-hybridized carbons (Fsp3) is 0.583. The molecule has 3 aliphatic heterocycles. The molecule has 3 aliphatic rings. The molecule has 30 heavy (non-hydrogen) atoms. The van der Waals surface area contributed by atoms with Crippen LogP contribution < -0.4 is 5.32 Å². The predicted molar refractivity (Wildman–Crippen MR) is 117 cm³/mol. The fourth-order valence-corrected chi connectivity index (χ4v) is 6.42. The Kier molecular flexibility index (Phi) is 3.99.